The van der Waals surface area contributed by atoms with E-state index in [0.29, 0.717) is 44.2 Å². The van der Waals surface area contributed by atoms with Gasteiger partial charge in [0.2, 0.25) is 5.88 Å². The second-order valence-electron chi connectivity index (χ2n) is 10.8. The van der Waals surface area contributed by atoms with E-state index >= 15 is 0 Å². The van der Waals surface area contributed by atoms with Crippen LogP contribution < -0.4 is 15.7 Å². The number of pyridine rings is 2. The number of alkyl halides is 2. The zero-order valence-corrected chi connectivity index (χ0v) is 23.5. The van der Waals surface area contributed by atoms with Crippen LogP contribution in [0.15, 0.2) is 59.7 Å². The number of halogens is 3. The van der Waals surface area contributed by atoms with Crippen LogP contribution in [-0.2, 0) is 11.3 Å². The van der Waals surface area contributed by atoms with Crippen molar-refractivity contribution in [1.29, 1.82) is 0 Å². The molecule has 6 rings (SSSR count). The molecule has 3 aromatic heterocycles. The maximum Gasteiger partial charge on any atom is 0.333 e. The lowest BCUT2D eigenvalue weighted by Gasteiger charge is -2.29. The third-order valence-corrected chi connectivity index (χ3v) is 8.16. The summed E-state index contributed by atoms with van der Waals surface area (Å²) in [5, 5.41) is 2.99. The summed E-state index contributed by atoms with van der Waals surface area (Å²) in [4.78, 5) is 34.6. The van der Waals surface area contributed by atoms with Gasteiger partial charge in [0.1, 0.15) is 11.8 Å². The third-order valence-electron chi connectivity index (χ3n) is 7.95. The van der Waals surface area contributed by atoms with Gasteiger partial charge in [-0.3, -0.25) is 18.9 Å². The number of para-hydroxylation sites is 2. The van der Waals surface area contributed by atoms with Gasteiger partial charge in [-0.25, -0.2) is 18.6 Å². The molecule has 12 heteroatoms. The van der Waals surface area contributed by atoms with Crippen LogP contribution in [0.5, 0.6) is 5.88 Å². The van der Waals surface area contributed by atoms with Gasteiger partial charge in [-0.15, -0.1) is 0 Å². The summed E-state index contributed by atoms with van der Waals surface area (Å²) < 4.78 is 41.4. The first-order valence-corrected chi connectivity index (χ1v) is 14.4. The minimum absolute atomic E-state index is 0.0136. The molecule has 220 valence electrons. The molecule has 2 fully saturated rings. The minimum Gasteiger partial charge on any atom is -0.472 e. The minimum atomic E-state index is -2.88. The average Bonchev–Trinajstić information content (AvgIpc) is 3.60. The fourth-order valence-electron chi connectivity index (χ4n) is 5.80. The van der Waals surface area contributed by atoms with E-state index in [0.717, 1.165) is 36.5 Å². The lowest BCUT2D eigenvalue weighted by molar-refractivity contribution is 0.0904. The zero-order valence-electron chi connectivity index (χ0n) is 22.7. The van der Waals surface area contributed by atoms with Crippen molar-refractivity contribution < 1.29 is 23.0 Å². The summed E-state index contributed by atoms with van der Waals surface area (Å²) >= 11 is 5.91. The summed E-state index contributed by atoms with van der Waals surface area (Å²) in [5.41, 5.74) is 1.32. The van der Waals surface area contributed by atoms with Crippen molar-refractivity contribution in [1.82, 2.24) is 24.4 Å². The second kappa shape index (κ2) is 12.2. The molecule has 2 aliphatic rings. The van der Waals surface area contributed by atoms with Crippen LogP contribution in [0, 0.1) is 5.92 Å². The average molecular weight is 598 g/mol. The normalized spacial score (nSPS) is 20.7. The highest BCUT2D eigenvalue weighted by Crippen LogP contribution is 2.29. The fraction of sp³-hybridized carbons (Fsp3) is 0.400. The molecule has 1 aromatic carbocycles. The topological polar surface area (TPSA) is 100 Å². The molecule has 4 heterocycles. The number of hydrogen-bond acceptors (Lipinski definition) is 6. The molecule has 1 N–H and O–H groups in total. The van der Waals surface area contributed by atoms with Gasteiger partial charge in [-0.05, 0) is 55.9 Å². The molecule has 1 aliphatic carbocycles. The smallest absolute Gasteiger partial charge is 0.333 e. The predicted octanol–water partition coefficient (Wildman–Crippen LogP) is 5.33. The summed E-state index contributed by atoms with van der Waals surface area (Å²) in [6.45, 7) is 1.75. The fourth-order valence-corrected chi connectivity index (χ4v) is 5.96. The number of ether oxygens (including phenoxy) is 2. The van der Waals surface area contributed by atoms with E-state index in [9.17, 15) is 18.4 Å². The first-order chi connectivity index (χ1) is 20.4. The van der Waals surface area contributed by atoms with Crippen molar-refractivity contribution >= 4 is 28.5 Å². The summed E-state index contributed by atoms with van der Waals surface area (Å²) in [7, 11) is 0. The molecule has 4 aromatic rings. The number of aromatic nitrogens is 4. The van der Waals surface area contributed by atoms with Gasteiger partial charge < -0.3 is 14.8 Å². The Kier molecular flexibility index (Phi) is 8.21. The SMILES string of the molecule is O=C(NC1CCC(Cn2c(=O)n(-c3ccc(O[C@@H]4CCOC4)nc3)c3ccccc32)CC1)c1cc(Cl)cnc1C(F)F. The van der Waals surface area contributed by atoms with Gasteiger partial charge in [-0.1, -0.05) is 23.7 Å². The first-order valence-electron chi connectivity index (χ1n) is 14.0. The zero-order chi connectivity index (χ0) is 29.2. The van der Waals surface area contributed by atoms with Crippen LogP contribution >= 0.6 is 11.6 Å². The highest BCUT2D eigenvalue weighted by Gasteiger charge is 2.27. The van der Waals surface area contributed by atoms with Gasteiger partial charge in [0.25, 0.3) is 12.3 Å². The Morgan fingerprint density at radius 2 is 1.86 bits per heavy atom. The van der Waals surface area contributed by atoms with E-state index in [2.05, 4.69) is 15.3 Å². The van der Waals surface area contributed by atoms with E-state index < -0.39 is 18.0 Å². The molecular formula is C30H30ClF2N5O4. The van der Waals surface area contributed by atoms with Crippen molar-refractivity contribution in [2.45, 2.75) is 57.2 Å². The summed E-state index contributed by atoms with van der Waals surface area (Å²) in [6, 6.07) is 12.3. The van der Waals surface area contributed by atoms with Crippen LogP contribution in [0.1, 0.15) is 54.6 Å². The van der Waals surface area contributed by atoms with E-state index in [-0.39, 0.29) is 34.3 Å². The Labute approximate surface area is 245 Å². The summed E-state index contributed by atoms with van der Waals surface area (Å²) in [6.07, 6.45) is 3.55. The maximum atomic E-state index is 13.7. The van der Waals surface area contributed by atoms with E-state index in [1.54, 1.807) is 21.4 Å². The van der Waals surface area contributed by atoms with Crippen molar-refractivity contribution in [3.05, 3.63) is 81.6 Å². The Bertz CT molecular complexity index is 1630. The van der Waals surface area contributed by atoms with Crippen LogP contribution in [-0.4, -0.2) is 50.4 Å². The molecular weight excluding hydrogens is 568 g/mol. The molecule has 0 radical (unpaired) electrons. The van der Waals surface area contributed by atoms with Crippen LogP contribution in [0.2, 0.25) is 5.02 Å². The number of benzene rings is 1. The molecule has 1 aliphatic heterocycles. The Hall–Kier alpha value is -3.83. The van der Waals surface area contributed by atoms with Gasteiger partial charge >= 0.3 is 5.69 Å². The number of hydrogen-bond donors (Lipinski definition) is 1. The molecule has 1 saturated carbocycles. The number of carbonyl (C=O) groups excluding carboxylic acids is 1. The second-order valence-corrected chi connectivity index (χ2v) is 11.2. The van der Waals surface area contributed by atoms with Gasteiger partial charge in [0.05, 0.1) is 46.7 Å². The quantitative estimate of drug-likeness (QED) is 0.295. The molecule has 0 unspecified atom stereocenters. The number of fused-ring (bicyclic) bond motifs is 1. The number of carbonyl (C=O) groups is 1. The molecule has 1 amide bonds. The number of nitrogens with zero attached hydrogens (tertiary/aromatic N) is 4. The Morgan fingerprint density at radius 3 is 2.55 bits per heavy atom. The lowest BCUT2D eigenvalue weighted by atomic mass is 9.85. The molecule has 0 bridgehead atoms. The maximum absolute atomic E-state index is 13.7. The van der Waals surface area contributed by atoms with Gasteiger partial charge in [0.15, 0.2) is 0 Å². The number of imidazole rings is 1. The Balaban J connectivity index is 1.14. The van der Waals surface area contributed by atoms with Crippen LogP contribution in [0.4, 0.5) is 8.78 Å². The number of amides is 1. The monoisotopic (exact) mass is 597 g/mol. The van der Waals surface area contributed by atoms with Crippen molar-refractivity contribution in [3.63, 3.8) is 0 Å². The van der Waals surface area contributed by atoms with E-state index in [4.69, 9.17) is 21.1 Å². The standard InChI is InChI=1S/C30H30ClF2N5O4/c31-19-13-23(27(28(32)33)35-14-19)29(39)36-20-7-5-18(6-8-20)16-37-24-3-1-2-4-25(24)38(30(37)40)21-9-10-26(34-15-21)42-22-11-12-41-17-22/h1-4,9-10,13-15,18,20,22,28H,5-8,11-12,16-17H2,(H,36,39)/t18?,20?,22-/m1/s1. The van der Waals surface area contributed by atoms with Gasteiger partial charge in [0, 0.05) is 31.3 Å². The number of nitrogens with one attached hydrogen (secondary N) is 1. The van der Waals surface area contributed by atoms with Gasteiger partial charge in [-0.2, -0.15) is 0 Å². The molecule has 0 spiro atoms. The highest BCUT2D eigenvalue weighted by molar-refractivity contribution is 6.30. The number of rotatable bonds is 8. The van der Waals surface area contributed by atoms with Crippen molar-refractivity contribution in [2.24, 2.45) is 5.92 Å². The third kappa shape index (κ3) is 5.89. The highest BCUT2D eigenvalue weighted by atomic mass is 35.5. The summed E-state index contributed by atoms with van der Waals surface area (Å²) in [5.74, 6) is 0.0960. The molecule has 1 atom stereocenters. The first kappa shape index (κ1) is 28.3. The van der Waals surface area contributed by atoms with Crippen molar-refractivity contribution in [2.75, 3.05) is 13.2 Å². The van der Waals surface area contributed by atoms with Crippen LogP contribution in [0.25, 0.3) is 16.7 Å². The Morgan fingerprint density at radius 1 is 1.07 bits per heavy atom. The van der Waals surface area contributed by atoms with Crippen LogP contribution in [0.3, 0.4) is 0 Å². The largest absolute Gasteiger partial charge is 0.472 e. The van der Waals surface area contributed by atoms with E-state index in [1.165, 1.54) is 6.07 Å². The molecule has 1 saturated heterocycles. The molecule has 42 heavy (non-hydrogen) atoms. The molecule has 9 nitrogen and oxygen atoms in total. The van der Waals surface area contributed by atoms with E-state index in [1.807, 2.05) is 30.3 Å². The predicted molar refractivity (Wildman–Crippen MR) is 153 cm³/mol. The van der Waals surface area contributed by atoms with Crippen molar-refractivity contribution in [3.8, 4) is 11.6 Å². The lowest BCUT2D eigenvalue weighted by Crippen LogP contribution is -2.39.